The Morgan fingerprint density at radius 3 is 2.95 bits per heavy atom. The monoisotopic (exact) mass is 311 g/mol. The van der Waals surface area contributed by atoms with E-state index < -0.39 is 6.10 Å². The van der Waals surface area contributed by atoms with Gasteiger partial charge in [-0.3, -0.25) is 4.79 Å². The molecule has 1 aromatic carbocycles. The van der Waals surface area contributed by atoms with E-state index in [1.54, 1.807) is 12.1 Å². The van der Waals surface area contributed by atoms with E-state index in [1.165, 1.54) is 4.90 Å². The van der Waals surface area contributed by atoms with Crippen LogP contribution in [0.3, 0.4) is 0 Å². The van der Waals surface area contributed by atoms with Crippen LogP contribution in [0.1, 0.15) is 19.8 Å². The van der Waals surface area contributed by atoms with E-state index >= 15 is 0 Å². The van der Waals surface area contributed by atoms with Gasteiger partial charge in [0.2, 0.25) is 0 Å². The summed E-state index contributed by atoms with van der Waals surface area (Å²) in [5, 5.41) is 0.620. The van der Waals surface area contributed by atoms with Gasteiger partial charge >= 0.3 is 0 Å². The molecule has 0 aliphatic carbocycles. The van der Waals surface area contributed by atoms with Gasteiger partial charge in [-0.1, -0.05) is 24.6 Å². The van der Waals surface area contributed by atoms with Gasteiger partial charge in [-0.15, -0.1) is 0 Å². The van der Waals surface area contributed by atoms with E-state index in [1.807, 2.05) is 24.0 Å². The van der Waals surface area contributed by atoms with E-state index in [2.05, 4.69) is 7.05 Å². The Morgan fingerprint density at radius 1 is 1.43 bits per heavy atom. The number of carbonyl (C=O) groups is 1. The van der Waals surface area contributed by atoms with Gasteiger partial charge < -0.3 is 14.5 Å². The maximum atomic E-state index is 12.6. The van der Waals surface area contributed by atoms with Gasteiger partial charge in [0.1, 0.15) is 5.75 Å². The molecule has 0 saturated carbocycles. The van der Waals surface area contributed by atoms with Crippen LogP contribution in [0, 0.1) is 0 Å². The third-order valence-electron chi connectivity index (χ3n) is 3.87. The molecule has 0 radical (unpaired) electrons. The van der Waals surface area contributed by atoms with Crippen LogP contribution in [-0.2, 0) is 4.79 Å². The largest absolute Gasteiger partial charge is 0.481 e. The van der Waals surface area contributed by atoms with Crippen LogP contribution in [-0.4, -0.2) is 50.1 Å². The van der Waals surface area contributed by atoms with Crippen molar-refractivity contribution in [1.82, 2.24) is 4.90 Å². The fourth-order valence-corrected chi connectivity index (χ4v) is 2.75. The lowest BCUT2D eigenvalue weighted by atomic mass is 10.2. The first-order valence-electron chi connectivity index (χ1n) is 7.62. The number of rotatable bonds is 4. The third-order valence-corrected chi connectivity index (χ3v) is 4.11. The SMILES string of the molecule is CC[C@@H](Oc1cccc(Cl)c1)C(=O)N1CCC[NH+](C)CC1. The molecule has 2 atom stereocenters. The zero-order chi connectivity index (χ0) is 15.2. The summed E-state index contributed by atoms with van der Waals surface area (Å²) in [6.45, 7) is 5.73. The summed E-state index contributed by atoms with van der Waals surface area (Å²) in [4.78, 5) is 16.1. The van der Waals surface area contributed by atoms with Crippen LogP contribution in [0.5, 0.6) is 5.75 Å². The Balaban J connectivity index is 2.01. The molecule has 0 spiro atoms. The predicted molar refractivity (Wildman–Crippen MR) is 84.0 cm³/mol. The Bertz CT molecular complexity index is 481. The molecular formula is C16H24ClN2O2+. The number of halogens is 1. The highest BCUT2D eigenvalue weighted by Gasteiger charge is 2.26. The van der Waals surface area contributed by atoms with Crippen LogP contribution in [0.25, 0.3) is 0 Å². The number of likely N-dealkylation sites (N-methyl/N-ethyl adjacent to an activating group) is 1. The molecule has 1 N–H and O–H groups in total. The van der Waals surface area contributed by atoms with E-state index in [0.717, 1.165) is 32.6 Å². The summed E-state index contributed by atoms with van der Waals surface area (Å²) in [5.41, 5.74) is 0. The van der Waals surface area contributed by atoms with Gasteiger partial charge in [0.05, 0.1) is 26.7 Å². The summed E-state index contributed by atoms with van der Waals surface area (Å²) in [6, 6.07) is 7.21. The van der Waals surface area contributed by atoms with Gasteiger partial charge in [-0.25, -0.2) is 0 Å². The third kappa shape index (κ3) is 4.61. The molecule has 1 heterocycles. The predicted octanol–water partition coefficient (Wildman–Crippen LogP) is 1.24. The standard InChI is InChI=1S/C16H23ClN2O2/c1-3-15(21-14-7-4-6-13(17)12-14)16(20)19-9-5-8-18(2)10-11-19/h4,6-7,12,15H,3,5,8-11H2,1-2H3/p+1/t15-/m1/s1. The number of nitrogens with zero attached hydrogens (tertiary/aromatic N) is 1. The van der Waals surface area contributed by atoms with Crippen LogP contribution in [0.4, 0.5) is 0 Å². The van der Waals surface area contributed by atoms with E-state index in [9.17, 15) is 4.79 Å². The summed E-state index contributed by atoms with van der Waals surface area (Å²) in [6.07, 6.45) is 1.28. The fourth-order valence-electron chi connectivity index (χ4n) is 2.57. The van der Waals surface area contributed by atoms with Crippen molar-refractivity contribution in [3.8, 4) is 5.75 Å². The van der Waals surface area contributed by atoms with Gasteiger partial charge in [-0.2, -0.15) is 0 Å². The lowest BCUT2D eigenvalue weighted by Gasteiger charge is -2.25. The first kappa shape index (κ1) is 16.1. The molecule has 116 valence electrons. The number of amides is 1. The van der Waals surface area contributed by atoms with E-state index in [4.69, 9.17) is 16.3 Å². The maximum absolute atomic E-state index is 12.6. The number of benzene rings is 1. The Morgan fingerprint density at radius 2 is 2.24 bits per heavy atom. The summed E-state index contributed by atoms with van der Waals surface area (Å²) in [7, 11) is 2.17. The minimum atomic E-state index is -0.429. The average Bonchev–Trinajstić information content (AvgIpc) is 2.69. The summed E-state index contributed by atoms with van der Waals surface area (Å²) in [5.74, 6) is 0.743. The highest BCUT2D eigenvalue weighted by Crippen LogP contribution is 2.20. The first-order valence-corrected chi connectivity index (χ1v) is 8.00. The Kier molecular flexibility index (Phi) is 5.88. The summed E-state index contributed by atoms with van der Waals surface area (Å²) < 4.78 is 5.84. The molecule has 1 saturated heterocycles. The van der Waals surface area contributed by atoms with Crippen molar-refractivity contribution in [1.29, 1.82) is 0 Å². The van der Waals surface area contributed by atoms with Crippen LogP contribution in [0.2, 0.25) is 5.02 Å². The van der Waals surface area contributed by atoms with Crippen molar-refractivity contribution in [2.24, 2.45) is 0 Å². The maximum Gasteiger partial charge on any atom is 0.263 e. The number of hydrogen-bond donors (Lipinski definition) is 1. The average molecular weight is 312 g/mol. The molecule has 1 amide bonds. The normalized spacial score (nSPS) is 20.7. The number of hydrogen-bond acceptors (Lipinski definition) is 2. The second-order valence-corrected chi connectivity index (χ2v) is 6.04. The molecule has 4 nitrogen and oxygen atoms in total. The van der Waals surface area contributed by atoms with Crippen LogP contribution >= 0.6 is 11.6 Å². The smallest absolute Gasteiger partial charge is 0.263 e. The number of ether oxygens (including phenoxy) is 1. The molecule has 1 aliphatic heterocycles. The molecule has 1 aromatic rings. The van der Waals surface area contributed by atoms with Crippen molar-refractivity contribution in [2.75, 3.05) is 33.2 Å². The van der Waals surface area contributed by atoms with E-state index in [0.29, 0.717) is 17.2 Å². The molecule has 0 aromatic heterocycles. The minimum absolute atomic E-state index is 0.0900. The quantitative estimate of drug-likeness (QED) is 0.908. The topological polar surface area (TPSA) is 34.0 Å². The molecule has 1 fully saturated rings. The van der Waals surface area contributed by atoms with Gasteiger partial charge in [-0.05, 0) is 24.6 Å². The molecule has 1 unspecified atom stereocenters. The molecule has 1 aliphatic rings. The Labute approximate surface area is 131 Å². The minimum Gasteiger partial charge on any atom is -0.481 e. The van der Waals surface area contributed by atoms with Gasteiger partial charge in [0.15, 0.2) is 6.10 Å². The molecular weight excluding hydrogens is 288 g/mol. The zero-order valence-corrected chi connectivity index (χ0v) is 13.5. The molecule has 0 bridgehead atoms. The molecule has 2 rings (SSSR count). The Hall–Kier alpha value is -1.26. The van der Waals surface area contributed by atoms with Crippen LogP contribution in [0.15, 0.2) is 24.3 Å². The van der Waals surface area contributed by atoms with Crippen molar-refractivity contribution in [3.05, 3.63) is 29.3 Å². The van der Waals surface area contributed by atoms with Crippen molar-refractivity contribution < 1.29 is 14.4 Å². The second-order valence-electron chi connectivity index (χ2n) is 5.61. The van der Waals surface area contributed by atoms with E-state index in [-0.39, 0.29) is 5.91 Å². The van der Waals surface area contributed by atoms with Crippen molar-refractivity contribution >= 4 is 17.5 Å². The lowest BCUT2D eigenvalue weighted by Crippen LogP contribution is -3.09. The number of carbonyl (C=O) groups excluding carboxylic acids is 1. The first-order chi connectivity index (χ1) is 10.1. The summed E-state index contributed by atoms with van der Waals surface area (Å²) >= 11 is 5.96. The van der Waals surface area contributed by atoms with Gasteiger partial charge in [0.25, 0.3) is 5.91 Å². The second kappa shape index (κ2) is 7.66. The number of nitrogens with one attached hydrogen (secondary N) is 1. The lowest BCUT2D eigenvalue weighted by molar-refractivity contribution is -0.877. The molecule has 21 heavy (non-hydrogen) atoms. The molecule has 5 heteroatoms. The number of quaternary nitrogens is 1. The fraction of sp³-hybridized carbons (Fsp3) is 0.562. The highest BCUT2D eigenvalue weighted by molar-refractivity contribution is 6.30. The zero-order valence-electron chi connectivity index (χ0n) is 12.8. The van der Waals surface area contributed by atoms with Crippen molar-refractivity contribution in [2.45, 2.75) is 25.9 Å². The van der Waals surface area contributed by atoms with Crippen LogP contribution < -0.4 is 9.64 Å². The van der Waals surface area contributed by atoms with Gasteiger partial charge in [0, 0.05) is 18.0 Å². The highest BCUT2D eigenvalue weighted by atomic mass is 35.5. The van der Waals surface area contributed by atoms with Crippen molar-refractivity contribution in [3.63, 3.8) is 0 Å².